The summed E-state index contributed by atoms with van der Waals surface area (Å²) in [4.78, 5) is 7.24. The summed E-state index contributed by atoms with van der Waals surface area (Å²) >= 11 is 0. The van der Waals surface area contributed by atoms with E-state index in [1.165, 1.54) is 6.07 Å². The smallest absolute Gasteiger partial charge is 0.342 e. The number of hydrogen-bond donors (Lipinski definition) is 1. The molecule has 0 spiro atoms. The van der Waals surface area contributed by atoms with Crippen molar-refractivity contribution in [2.75, 3.05) is 0 Å². The minimum atomic E-state index is -4.11. The zero-order chi connectivity index (χ0) is 14.3. The van der Waals surface area contributed by atoms with Gasteiger partial charge < -0.3 is 4.98 Å². The van der Waals surface area contributed by atoms with Gasteiger partial charge in [0.25, 0.3) is 0 Å². The molecule has 0 amide bonds. The third-order valence-corrected chi connectivity index (χ3v) is 4.06. The first-order valence-corrected chi connectivity index (χ1v) is 6.66. The van der Waals surface area contributed by atoms with Crippen LogP contribution in [0.3, 0.4) is 0 Å². The molecule has 108 valence electrons. The molecule has 3 rings (SSSR count). The Hall–Kier alpha value is -1.59. The van der Waals surface area contributed by atoms with Crippen molar-refractivity contribution in [3.05, 3.63) is 29.8 Å². The highest BCUT2D eigenvalue weighted by atomic mass is 19.4. The molecule has 2 aromatic rings. The van der Waals surface area contributed by atoms with Gasteiger partial charge in [0, 0.05) is 5.92 Å². The van der Waals surface area contributed by atoms with E-state index in [-0.39, 0.29) is 24.3 Å². The van der Waals surface area contributed by atoms with E-state index < -0.39 is 17.9 Å². The summed E-state index contributed by atoms with van der Waals surface area (Å²) in [7, 11) is 0. The molecule has 2 nitrogen and oxygen atoms in total. The van der Waals surface area contributed by atoms with E-state index in [0.29, 0.717) is 24.2 Å². The van der Waals surface area contributed by atoms with Crippen LogP contribution in [-0.2, 0) is 0 Å². The lowest BCUT2D eigenvalue weighted by atomic mass is 9.81. The predicted molar refractivity (Wildman–Crippen MR) is 66.8 cm³/mol. The van der Waals surface area contributed by atoms with Crippen molar-refractivity contribution in [1.29, 1.82) is 0 Å². The lowest BCUT2D eigenvalue weighted by Gasteiger charge is -2.28. The summed E-state index contributed by atoms with van der Waals surface area (Å²) in [5, 5.41) is 0. The Labute approximate surface area is 113 Å². The van der Waals surface area contributed by atoms with Gasteiger partial charge >= 0.3 is 6.18 Å². The van der Waals surface area contributed by atoms with Gasteiger partial charge in [-0.05, 0) is 37.8 Å². The molecular weight excluding hydrogens is 272 g/mol. The zero-order valence-corrected chi connectivity index (χ0v) is 10.7. The number of halogens is 4. The standard InChI is InChI=1S/C14H14F4N2/c15-10-2-1-3-11-12(10)20-13(19-11)8-4-6-9(7-5-8)14(16,17)18/h1-3,8-9H,4-7H2,(H,19,20). The van der Waals surface area contributed by atoms with Gasteiger partial charge in [0.05, 0.1) is 11.4 Å². The molecule has 0 bridgehead atoms. The molecule has 1 N–H and O–H groups in total. The van der Waals surface area contributed by atoms with Crippen molar-refractivity contribution < 1.29 is 17.6 Å². The van der Waals surface area contributed by atoms with Crippen LogP contribution in [0.2, 0.25) is 0 Å². The number of hydrogen-bond acceptors (Lipinski definition) is 1. The summed E-state index contributed by atoms with van der Waals surface area (Å²) < 4.78 is 51.4. The van der Waals surface area contributed by atoms with Gasteiger partial charge in [-0.15, -0.1) is 0 Å². The summed E-state index contributed by atoms with van der Waals surface area (Å²) in [6.45, 7) is 0. The second kappa shape index (κ2) is 4.75. The number of alkyl halides is 3. The van der Waals surface area contributed by atoms with Crippen LogP contribution in [0.25, 0.3) is 11.0 Å². The van der Waals surface area contributed by atoms with Crippen molar-refractivity contribution in [3.63, 3.8) is 0 Å². The Bertz CT molecular complexity index is 609. The molecule has 0 unspecified atom stereocenters. The number of aromatic amines is 1. The normalized spacial score (nSPS) is 24.2. The van der Waals surface area contributed by atoms with Crippen LogP contribution in [0.4, 0.5) is 17.6 Å². The van der Waals surface area contributed by atoms with Gasteiger partial charge in [-0.2, -0.15) is 13.2 Å². The Morgan fingerprint density at radius 3 is 2.40 bits per heavy atom. The van der Waals surface area contributed by atoms with Gasteiger partial charge in [0.2, 0.25) is 0 Å². The van der Waals surface area contributed by atoms with E-state index in [0.717, 1.165) is 0 Å². The van der Waals surface area contributed by atoms with Crippen LogP contribution >= 0.6 is 0 Å². The van der Waals surface area contributed by atoms with E-state index in [1.807, 2.05) is 0 Å². The van der Waals surface area contributed by atoms with E-state index in [2.05, 4.69) is 9.97 Å². The molecular formula is C14H14F4N2. The first kappa shape index (κ1) is 13.4. The topological polar surface area (TPSA) is 28.7 Å². The van der Waals surface area contributed by atoms with Crippen LogP contribution in [0.1, 0.15) is 37.4 Å². The molecule has 1 saturated carbocycles. The number of fused-ring (bicyclic) bond motifs is 1. The minimum absolute atomic E-state index is 0.0413. The fourth-order valence-corrected chi connectivity index (χ4v) is 2.90. The van der Waals surface area contributed by atoms with Crippen molar-refractivity contribution in [2.24, 2.45) is 5.92 Å². The average Bonchev–Trinajstić information content (AvgIpc) is 2.83. The first-order chi connectivity index (χ1) is 9.45. The van der Waals surface area contributed by atoms with Gasteiger partial charge in [-0.25, -0.2) is 9.37 Å². The van der Waals surface area contributed by atoms with Crippen molar-refractivity contribution in [3.8, 4) is 0 Å². The average molecular weight is 286 g/mol. The highest BCUT2D eigenvalue weighted by molar-refractivity contribution is 5.75. The third kappa shape index (κ3) is 2.39. The first-order valence-electron chi connectivity index (χ1n) is 6.66. The number of nitrogens with zero attached hydrogens (tertiary/aromatic N) is 1. The number of rotatable bonds is 1. The van der Waals surface area contributed by atoms with Gasteiger partial charge in [-0.1, -0.05) is 6.07 Å². The Kier molecular flexibility index (Phi) is 3.18. The molecule has 0 saturated heterocycles. The molecule has 1 aromatic heterocycles. The number of para-hydroxylation sites is 1. The van der Waals surface area contributed by atoms with Gasteiger partial charge in [0.15, 0.2) is 5.82 Å². The molecule has 20 heavy (non-hydrogen) atoms. The third-order valence-electron chi connectivity index (χ3n) is 4.06. The predicted octanol–water partition coefficient (Wildman–Crippen LogP) is 4.54. The van der Waals surface area contributed by atoms with Crippen LogP contribution < -0.4 is 0 Å². The Morgan fingerprint density at radius 1 is 1.10 bits per heavy atom. The van der Waals surface area contributed by atoms with Crippen molar-refractivity contribution in [1.82, 2.24) is 9.97 Å². The number of imidazole rings is 1. The number of aromatic nitrogens is 2. The SMILES string of the molecule is Fc1cccc2[nH]c(C3CCC(C(F)(F)F)CC3)nc12. The molecule has 1 fully saturated rings. The molecule has 0 aliphatic heterocycles. The summed E-state index contributed by atoms with van der Waals surface area (Å²) in [5.41, 5.74) is 0.860. The highest BCUT2D eigenvalue weighted by Crippen LogP contribution is 2.42. The second-order valence-corrected chi connectivity index (χ2v) is 5.35. The number of nitrogens with one attached hydrogen (secondary N) is 1. The van der Waals surface area contributed by atoms with E-state index in [4.69, 9.17) is 0 Å². The minimum Gasteiger partial charge on any atom is -0.342 e. The second-order valence-electron chi connectivity index (χ2n) is 5.35. The molecule has 1 heterocycles. The lowest BCUT2D eigenvalue weighted by Crippen LogP contribution is -2.27. The maximum absolute atomic E-state index is 13.6. The highest BCUT2D eigenvalue weighted by Gasteiger charge is 2.41. The van der Waals surface area contributed by atoms with Crippen molar-refractivity contribution in [2.45, 2.75) is 37.8 Å². The van der Waals surface area contributed by atoms with Crippen LogP contribution in [0.15, 0.2) is 18.2 Å². The maximum Gasteiger partial charge on any atom is 0.391 e. The van der Waals surface area contributed by atoms with Crippen molar-refractivity contribution >= 4 is 11.0 Å². The van der Waals surface area contributed by atoms with Crippen LogP contribution in [-0.4, -0.2) is 16.1 Å². The number of H-pyrrole nitrogens is 1. The molecule has 1 aromatic carbocycles. The number of benzene rings is 1. The van der Waals surface area contributed by atoms with Gasteiger partial charge in [-0.3, -0.25) is 0 Å². The van der Waals surface area contributed by atoms with Crippen LogP contribution in [0.5, 0.6) is 0 Å². The summed E-state index contributed by atoms with van der Waals surface area (Å²) in [6.07, 6.45) is -3.00. The Morgan fingerprint density at radius 2 is 1.80 bits per heavy atom. The lowest BCUT2D eigenvalue weighted by molar-refractivity contribution is -0.182. The van der Waals surface area contributed by atoms with E-state index in [9.17, 15) is 17.6 Å². The largest absolute Gasteiger partial charge is 0.391 e. The quantitative estimate of drug-likeness (QED) is 0.766. The molecule has 0 atom stereocenters. The fourth-order valence-electron chi connectivity index (χ4n) is 2.90. The Balaban J connectivity index is 1.78. The molecule has 1 aliphatic rings. The summed E-state index contributed by atoms with van der Waals surface area (Å²) in [6, 6.07) is 4.63. The maximum atomic E-state index is 13.6. The zero-order valence-electron chi connectivity index (χ0n) is 10.7. The van der Waals surface area contributed by atoms with E-state index >= 15 is 0 Å². The summed E-state index contributed by atoms with van der Waals surface area (Å²) in [5.74, 6) is -1.06. The fraction of sp³-hybridized carbons (Fsp3) is 0.500. The van der Waals surface area contributed by atoms with Crippen LogP contribution in [0, 0.1) is 11.7 Å². The van der Waals surface area contributed by atoms with E-state index in [1.54, 1.807) is 12.1 Å². The molecule has 6 heteroatoms. The molecule has 1 aliphatic carbocycles. The monoisotopic (exact) mass is 286 g/mol. The molecule has 0 radical (unpaired) electrons. The van der Waals surface area contributed by atoms with Gasteiger partial charge in [0.1, 0.15) is 11.3 Å².